The molecule has 5 heteroatoms. The van der Waals surface area contributed by atoms with Gasteiger partial charge in [0.25, 0.3) is 5.91 Å². The molecule has 1 aliphatic heterocycles. The highest BCUT2D eigenvalue weighted by Crippen LogP contribution is 2.39. The number of hydrogen-bond donors (Lipinski definition) is 0. The van der Waals surface area contributed by atoms with E-state index >= 15 is 0 Å². The van der Waals surface area contributed by atoms with Crippen LogP contribution in [0, 0.1) is 0 Å². The fourth-order valence-corrected chi connectivity index (χ4v) is 4.53. The summed E-state index contributed by atoms with van der Waals surface area (Å²) in [5.41, 5.74) is 2.84. The lowest BCUT2D eigenvalue weighted by Crippen LogP contribution is -2.32. The van der Waals surface area contributed by atoms with Crippen molar-refractivity contribution in [2.24, 2.45) is 4.99 Å². The van der Waals surface area contributed by atoms with Crippen molar-refractivity contribution in [1.82, 2.24) is 4.90 Å². The fraction of sp³-hybridized carbons (Fsp3) is 0.185. The van der Waals surface area contributed by atoms with E-state index in [1.54, 1.807) is 4.90 Å². The molecular weight excluding hydrogens is 416 g/mol. The number of nitrogens with zero attached hydrogens (tertiary/aromatic N) is 2. The summed E-state index contributed by atoms with van der Waals surface area (Å²) in [6.07, 6.45) is 2.04. The molecule has 0 spiro atoms. The van der Waals surface area contributed by atoms with Gasteiger partial charge in [-0.3, -0.25) is 9.69 Å². The lowest BCUT2D eigenvalue weighted by atomic mass is 10.1. The molecule has 4 rings (SSSR count). The third-order valence-electron chi connectivity index (χ3n) is 5.04. The van der Waals surface area contributed by atoms with Crippen molar-refractivity contribution in [3.63, 3.8) is 0 Å². The molecular formula is C27H26N2O2S. The molecule has 0 saturated carbocycles. The molecule has 162 valence electrons. The van der Waals surface area contributed by atoms with Crippen LogP contribution in [-0.4, -0.2) is 22.1 Å². The van der Waals surface area contributed by atoms with Crippen LogP contribution < -0.4 is 4.74 Å². The van der Waals surface area contributed by atoms with Gasteiger partial charge in [-0.25, -0.2) is 4.99 Å². The third kappa shape index (κ3) is 5.11. The standard InChI is InChI=1S/C27H26N2O2S/c1-19(2)31-24-16-14-21(15-17-24)18-25-26(30)29(20(3)22-10-6-4-7-11-22)27(32-25)28-23-12-8-5-9-13-23/h4-20H,1-3H3/b25-18+,28-27?/t20-/m0/s1. The molecule has 1 amide bonds. The van der Waals surface area contributed by atoms with Crippen molar-refractivity contribution < 1.29 is 9.53 Å². The Labute approximate surface area is 193 Å². The minimum absolute atomic E-state index is 0.0384. The molecule has 32 heavy (non-hydrogen) atoms. The van der Waals surface area contributed by atoms with Gasteiger partial charge in [0.15, 0.2) is 5.17 Å². The highest BCUT2D eigenvalue weighted by Gasteiger charge is 2.37. The third-order valence-corrected chi connectivity index (χ3v) is 6.02. The van der Waals surface area contributed by atoms with Crippen molar-refractivity contribution in [1.29, 1.82) is 0 Å². The van der Waals surface area contributed by atoms with Gasteiger partial charge in [0, 0.05) is 0 Å². The van der Waals surface area contributed by atoms with Crippen molar-refractivity contribution >= 4 is 34.6 Å². The molecule has 4 nitrogen and oxygen atoms in total. The number of carbonyl (C=O) groups excluding carboxylic acids is 1. The summed E-state index contributed by atoms with van der Waals surface area (Å²) < 4.78 is 5.72. The lowest BCUT2D eigenvalue weighted by Gasteiger charge is -2.24. The fourth-order valence-electron chi connectivity index (χ4n) is 3.47. The minimum atomic E-state index is -0.133. The monoisotopic (exact) mass is 442 g/mol. The average Bonchev–Trinajstić information content (AvgIpc) is 3.10. The van der Waals surface area contributed by atoms with E-state index in [9.17, 15) is 4.79 Å². The lowest BCUT2D eigenvalue weighted by molar-refractivity contribution is -0.123. The molecule has 1 saturated heterocycles. The number of amides is 1. The van der Waals surface area contributed by atoms with Crippen LogP contribution in [0.2, 0.25) is 0 Å². The number of carbonyl (C=O) groups is 1. The van der Waals surface area contributed by atoms with Crippen molar-refractivity contribution in [3.05, 3.63) is 101 Å². The number of thioether (sulfide) groups is 1. The van der Waals surface area contributed by atoms with Crippen molar-refractivity contribution in [3.8, 4) is 5.75 Å². The molecule has 1 aliphatic rings. The largest absolute Gasteiger partial charge is 0.491 e. The van der Waals surface area contributed by atoms with E-state index in [0.29, 0.717) is 10.1 Å². The summed E-state index contributed by atoms with van der Waals surface area (Å²) in [7, 11) is 0. The highest BCUT2D eigenvalue weighted by atomic mass is 32.2. The number of para-hydroxylation sites is 1. The van der Waals surface area contributed by atoms with Crippen LogP contribution in [0.3, 0.4) is 0 Å². The van der Waals surface area contributed by atoms with E-state index in [1.807, 2.05) is 112 Å². The molecule has 1 fully saturated rings. The zero-order valence-corrected chi connectivity index (χ0v) is 19.3. The summed E-state index contributed by atoms with van der Waals surface area (Å²) in [5, 5.41) is 0.684. The maximum absolute atomic E-state index is 13.5. The maximum atomic E-state index is 13.5. The van der Waals surface area contributed by atoms with Gasteiger partial charge in [0.05, 0.1) is 22.7 Å². The Kier molecular flexibility index (Phi) is 6.76. The predicted octanol–water partition coefficient (Wildman–Crippen LogP) is 6.84. The van der Waals surface area contributed by atoms with Crippen molar-refractivity contribution in [2.75, 3.05) is 0 Å². The van der Waals surface area contributed by atoms with Crippen LogP contribution >= 0.6 is 11.8 Å². The quantitative estimate of drug-likeness (QED) is 0.393. The second-order valence-corrected chi connectivity index (χ2v) is 8.85. The summed E-state index contributed by atoms with van der Waals surface area (Å²) in [6, 6.07) is 27.4. The molecule has 0 radical (unpaired) electrons. The molecule has 0 aromatic heterocycles. The van der Waals surface area contributed by atoms with Gasteiger partial charge in [0.2, 0.25) is 0 Å². The van der Waals surface area contributed by atoms with E-state index in [0.717, 1.165) is 22.6 Å². The topological polar surface area (TPSA) is 41.9 Å². The Morgan fingerprint density at radius 3 is 2.12 bits per heavy atom. The van der Waals surface area contributed by atoms with Gasteiger partial charge in [-0.2, -0.15) is 0 Å². The van der Waals surface area contributed by atoms with E-state index in [4.69, 9.17) is 9.73 Å². The average molecular weight is 443 g/mol. The Hall–Kier alpha value is -3.31. The van der Waals surface area contributed by atoms with Gasteiger partial charge in [0.1, 0.15) is 5.75 Å². The Balaban J connectivity index is 1.67. The van der Waals surface area contributed by atoms with E-state index in [2.05, 4.69) is 0 Å². The Morgan fingerprint density at radius 2 is 1.50 bits per heavy atom. The number of amidine groups is 1. The second kappa shape index (κ2) is 9.88. The zero-order valence-electron chi connectivity index (χ0n) is 18.4. The molecule has 0 unspecified atom stereocenters. The van der Waals surface area contributed by atoms with Crippen molar-refractivity contribution in [2.45, 2.75) is 32.9 Å². The molecule has 1 heterocycles. The van der Waals surface area contributed by atoms with Gasteiger partial charge in [-0.1, -0.05) is 60.7 Å². The number of hydrogen-bond acceptors (Lipinski definition) is 4. The van der Waals surface area contributed by atoms with Gasteiger partial charge in [-0.05, 0) is 74.0 Å². The van der Waals surface area contributed by atoms with Crippen LogP contribution in [0.1, 0.15) is 37.9 Å². The van der Waals surface area contributed by atoms with E-state index < -0.39 is 0 Å². The first-order valence-electron chi connectivity index (χ1n) is 10.7. The van der Waals surface area contributed by atoms with E-state index in [-0.39, 0.29) is 18.1 Å². The SMILES string of the molecule is CC(C)Oc1ccc(/C=C2/SC(=Nc3ccccc3)N([C@@H](C)c3ccccc3)C2=O)cc1. The number of rotatable bonds is 6. The summed E-state index contributed by atoms with van der Waals surface area (Å²) in [4.78, 5) is 20.7. The second-order valence-electron chi connectivity index (χ2n) is 7.84. The van der Waals surface area contributed by atoms with Crippen LogP contribution in [0.25, 0.3) is 6.08 Å². The van der Waals surface area contributed by atoms with Gasteiger partial charge >= 0.3 is 0 Å². The smallest absolute Gasteiger partial charge is 0.267 e. The molecule has 3 aromatic rings. The zero-order chi connectivity index (χ0) is 22.5. The van der Waals surface area contributed by atoms with Crippen LogP contribution in [0.5, 0.6) is 5.75 Å². The highest BCUT2D eigenvalue weighted by molar-refractivity contribution is 8.18. The summed E-state index contributed by atoms with van der Waals surface area (Å²) in [6.45, 7) is 6.04. The molecule has 0 aliphatic carbocycles. The van der Waals surface area contributed by atoms with Crippen LogP contribution in [0.4, 0.5) is 5.69 Å². The van der Waals surface area contributed by atoms with Crippen LogP contribution in [-0.2, 0) is 4.79 Å². The minimum Gasteiger partial charge on any atom is -0.491 e. The molecule has 0 N–H and O–H groups in total. The molecule has 1 atom stereocenters. The maximum Gasteiger partial charge on any atom is 0.267 e. The Morgan fingerprint density at radius 1 is 0.875 bits per heavy atom. The summed E-state index contributed by atoms with van der Waals surface area (Å²) in [5.74, 6) is 0.779. The summed E-state index contributed by atoms with van der Waals surface area (Å²) >= 11 is 1.41. The van der Waals surface area contributed by atoms with Gasteiger partial charge in [-0.15, -0.1) is 0 Å². The molecule has 0 bridgehead atoms. The number of ether oxygens (including phenoxy) is 1. The first kappa shape index (κ1) is 21.9. The van der Waals surface area contributed by atoms with Crippen LogP contribution in [0.15, 0.2) is 94.8 Å². The first-order chi connectivity index (χ1) is 15.5. The first-order valence-corrected chi connectivity index (χ1v) is 11.5. The number of benzene rings is 3. The number of aliphatic imine (C=N–C) groups is 1. The Bertz CT molecular complexity index is 1120. The predicted molar refractivity (Wildman–Crippen MR) is 133 cm³/mol. The normalized spacial score (nSPS) is 17.4. The van der Waals surface area contributed by atoms with Gasteiger partial charge < -0.3 is 4.74 Å². The van der Waals surface area contributed by atoms with E-state index in [1.165, 1.54) is 11.8 Å². The molecule has 3 aromatic carbocycles.